The zero-order valence-corrected chi connectivity index (χ0v) is 19.9. The van der Waals surface area contributed by atoms with Crippen LogP contribution in [-0.4, -0.2) is 65.9 Å². The zero-order valence-electron chi connectivity index (χ0n) is 19.9. The number of anilines is 1. The first-order chi connectivity index (χ1) is 17.3. The normalized spacial score (nSPS) is 14.0. The molecule has 3 heterocycles. The van der Waals surface area contributed by atoms with Gasteiger partial charge >= 0.3 is 6.03 Å². The van der Waals surface area contributed by atoms with Crippen LogP contribution in [0.2, 0.25) is 0 Å². The van der Waals surface area contributed by atoms with Crippen molar-refractivity contribution in [2.75, 3.05) is 33.1 Å². The molecule has 1 aliphatic rings. The van der Waals surface area contributed by atoms with E-state index in [9.17, 15) is 14.4 Å². The maximum atomic E-state index is 13.2. The molecule has 186 valence electrons. The van der Waals surface area contributed by atoms with Crippen LogP contribution in [0.4, 0.5) is 10.7 Å². The van der Waals surface area contributed by atoms with Crippen molar-refractivity contribution in [3.05, 3.63) is 59.5 Å². The Balaban J connectivity index is 1.77. The Morgan fingerprint density at radius 1 is 1.19 bits per heavy atom. The van der Waals surface area contributed by atoms with Gasteiger partial charge in [0.15, 0.2) is 11.8 Å². The van der Waals surface area contributed by atoms with Crippen LogP contribution in [0.3, 0.4) is 0 Å². The number of hydrogen-bond donors (Lipinski definition) is 3. The molecule has 3 aromatic rings. The predicted molar refractivity (Wildman–Crippen MR) is 130 cm³/mol. The molecule has 0 aliphatic carbocycles. The molecule has 0 unspecified atom stereocenters. The van der Waals surface area contributed by atoms with Crippen LogP contribution < -0.4 is 25.8 Å². The van der Waals surface area contributed by atoms with Crippen LogP contribution in [0.5, 0.6) is 11.5 Å². The predicted octanol–water partition coefficient (Wildman–Crippen LogP) is 1.32. The van der Waals surface area contributed by atoms with E-state index in [1.54, 1.807) is 49.8 Å². The summed E-state index contributed by atoms with van der Waals surface area (Å²) in [5, 5.41) is 5.33. The summed E-state index contributed by atoms with van der Waals surface area (Å²) >= 11 is 0. The number of amides is 3. The van der Waals surface area contributed by atoms with Gasteiger partial charge in [-0.25, -0.2) is 19.7 Å². The first-order valence-electron chi connectivity index (χ1n) is 10.9. The average molecular weight is 492 g/mol. The summed E-state index contributed by atoms with van der Waals surface area (Å²) in [6.45, 7) is -0.0210. The number of benzene rings is 1. The number of rotatable bonds is 9. The van der Waals surface area contributed by atoms with Crippen LogP contribution in [0.15, 0.2) is 42.7 Å². The number of primary amides is 1. The molecular weight excluding hydrogens is 466 g/mol. The summed E-state index contributed by atoms with van der Waals surface area (Å²) in [4.78, 5) is 52.4. The van der Waals surface area contributed by atoms with Gasteiger partial charge in [-0.1, -0.05) is 6.07 Å². The molecule has 4 rings (SSSR count). The maximum absolute atomic E-state index is 13.2. The Hall–Kier alpha value is -4.74. The smallest absolute Gasteiger partial charge is 0.313 e. The molecule has 1 aliphatic heterocycles. The van der Waals surface area contributed by atoms with Gasteiger partial charge in [0, 0.05) is 37.1 Å². The van der Waals surface area contributed by atoms with Crippen molar-refractivity contribution >= 4 is 24.2 Å². The summed E-state index contributed by atoms with van der Waals surface area (Å²) in [6.07, 6.45) is 3.63. The minimum Gasteiger partial charge on any atom is -0.497 e. The highest BCUT2D eigenvalue weighted by atomic mass is 16.5. The minimum atomic E-state index is -1.80. The first-order valence-corrected chi connectivity index (χ1v) is 10.9. The van der Waals surface area contributed by atoms with Gasteiger partial charge in [0.05, 0.1) is 26.5 Å². The lowest BCUT2D eigenvalue weighted by Gasteiger charge is -2.33. The Morgan fingerprint density at radius 2 is 1.94 bits per heavy atom. The molecule has 0 saturated carbocycles. The topological polar surface area (TPSA) is 162 Å². The standard InChI is InChI=1S/C24H25N7O5/c1-26-23-27-9-15(10-28-23)18-6-7-19(36-3)20(29-18)24(13-32,30-22(25)34)12-31-11-14-4-5-16(35-2)8-17(14)21(31)33/h4-10,13H,11-12H2,1-3H3,(H3,25,30,34)(H,26,27,28)/t24-/m1/s1. The fraction of sp³-hybridized carbons (Fsp3) is 0.250. The van der Waals surface area contributed by atoms with Crippen LogP contribution in [0.1, 0.15) is 21.6 Å². The van der Waals surface area contributed by atoms with Crippen LogP contribution in [0, 0.1) is 0 Å². The first kappa shape index (κ1) is 24.4. The van der Waals surface area contributed by atoms with Crippen molar-refractivity contribution in [1.29, 1.82) is 0 Å². The zero-order chi connectivity index (χ0) is 25.9. The lowest BCUT2D eigenvalue weighted by atomic mass is 9.93. The van der Waals surface area contributed by atoms with Crippen LogP contribution in [0.25, 0.3) is 11.3 Å². The molecule has 0 radical (unpaired) electrons. The lowest BCUT2D eigenvalue weighted by Crippen LogP contribution is -2.56. The van der Waals surface area contributed by atoms with Crippen molar-refractivity contribution < 1.29 is 23.9 Å². The number of hydrogen-bond acceptors (Lipinski definition) is 9. The molecule has 0 fully saturated rings. The number of nitrogens with two attached hydrogens (primary N) is 1. The summed E-state index contributed by atoms with van der Waals surface area (Å²) in [5.74, 6) is 0.850. The van der Waals surface area contributed by atoms with E-state index in [0.717, 1.165) is 5.56 Å². The molecule has 0 saturated heterocycles. The number of nitrogens with zero attached hydrogens (tertiary/aromatic N) is 4. The summed E-state index contributed by atoms with van der Waals surface area (Å²) in [6, 6.07) is 7.48. The minimum absolute atomic E-state index is 0.0790. The molecule has 1 atom stereocenters. The van der Waals surface area contributed by atoms with Crippen molar-refractivity contribution in [3.8, 4) is 22.8 Å². The van der Waals surface area contributed by atoms with Gasteiger partial charge in [-0.15, -0.1) is 0 Å². The Labute approximate surface area is 206 Å². The number of carbonyl (C=O) groups is 3. The van der Waals surface area contributed by atoms with E-state index in [-0.39, 0.29) is 30.4 Å². The molecule has 1 aromatic carbocycles. The van der Waals surface area contributed by atoms with Gasteiger partial charge < -0.3 is 35.5 Å². The second kappa shape index (κ2) is 9.86. The van der Waals surface area contributed by atoms with E-state index >= 15 is 0 Å². The fourth-order valence-electron chi connectivity index (χ4n) is 4.09. The summed E-state index contributed by atoms with van der Waals surface area (Å²) < 4.78 is 10.7. The third-order valence-electron chi connectivity index (χ3n) is 5.86. The number of methoxy groups -OCH3 is 2. The lowest BCUT2D eigenvalue weighted by molar-refractivity contribution is -0.114. The van der Waals surface area contributed by atoms with Gasteiger partial charge in [0.1, 0.15) is 17.2 Å². The summed E-state index contributed by atoms with van der Waals surface area (Å²) in [7, 11) is 4.62. The highest BCUT2D eigenvalue weighted by Gasteiger charge is 2.43. The van der Waals surface area contributed by atoms with Gasteiger partial charge in [-0.05, 0) is 29.8 Å². The Bertz CT molecular complexity index is 1310. The average Bonchev–Trinajstić information content (AvgIpc) is 3.21. The third kappa shape index (κ3) is 4.48. The molecule has 4 N–H and O–H groups in total. The second-order valence-electron chi connectivity index (χ2n) is 8.06. The quantitative estimate of drug-likeness (QED) is 0.375. The van der Waals surface area contributed by atoms with E-state index in [1.807, 2.05) is 0 Å². The number of fused-ring (bicyclic) bond motifs is 1. The second-order valence-corrected chi connectivity index (χ2v) is 8.06. The molecule has 12 heteroatoms. The highest BCUT2D eigenvalue weighted by molar-refractivity contribution is 5.99. The number of pyridine rings is 1. The Morgan fingerprint density at radius 3 is 2.56 bits per heavy atom. The number of aldehydes is 1. The highest BCUT2D eigenvalue weighted by Crippen LogP contribution is 2.34. The van der Waals surface area contributed by atoms with Crippen molar-refractivity contribution in [2.45, 2.75) is 12.1 Å². The molecule has 3 amide bonds. The molecule has 36 heavy (non-hydrogen) atoms. The number of carbonyl (C=O) groups excluding carboxylic acids is 3. The van der Waals surface area contributed by atoms with E-state index in [4.69, 9.17) is 15.2 Å². The molecular formula is C24H25N7O5. The monoisotopic (exact) mass is 491 g/mol. The molecule has 0 bridgehead atoms. The largest absolute Gasteiger partial charge is 0.497 e. The van der Waals surface area contributed by atoms with Gasteiger partial charge in [-0.2, -0.15) is 0 Å². The van der Waals surface area contributed by atoms with E-state index in [0.29, 0.717) is 34.8 Å². The van der Waals surface area contributed by atoms with Crippen molar-refractivity contribution in [1.82, 2.24) is 25.2 Å². The molecule has 0 spiro atoms. The van der Waals surface area contributed by atoms with E-state index in [1.165, 1.54) is 19.1 Å². The van der Waals surface area contributed by atoms with Gasteiger partial charge in [0.25, 0.3) is 5.91 Å². The third-order valence-corrected chi connectivity index (χ3v) is 5.86. The van der Waals surface area contributed by atoms with Gasteiger partial charge in [-0.3, -0.25) is 4.79 Å². The molecule has 2 aromatic heterocycles. The summed E-state index contributed by atoms with van der Waals surface area (Å²) in [5.41, 5.74) is 5.94. The number of aromatic nitrogens is 3. The molecule has 12 nitrogen and oxygen atoms in total. The Kier molecular flexibility index (Phi) is 6.68. The van der Waals surface area contributed by atoms with Crippen LogP contribution >= 0.6 is 0 Å². The van der Waals surface area contributed by atoms with E-state index in [2.05, 4.69) is 25.6 Å². The van der Waals surface area contributed by atoms with Crippen molar-refractivity contribution in [3.63, 3.8) is 0 Å². The SMILES string of the molecule is CNc1ncc(-c2ccc(OC)c([C@](C=O)(CN3Cc4ccc(OC)cc4C3=O)NC(N)=O)n2)cn1. The fourth-order valence-corrected chi connectivity index (χ4v) is 4.09. The number of nitrogens with one attached hydrogen (secondary N) is 2. The number of ether oxygens (including phenoxy) is 2. The van der Waals surface area contributed by atoms with Crippen LogP contribution in [-0.2, 0) is 16.9 Å². The maximum Gasteiger partial charge on any atom is 0.313 e. The number of urea groups is 1. The van der Waals surface area contributed by atoms with Gasteiger partial charge in [0.2, 0.25) is 5.95 Å². The van der Waals surface area contributed by atoms with E-state index < -0.39 is 11.6 Å². The van der Waals surface area contributed by atoms with Crippen molar-refractivity contribution in [2.24, 2.45) is 5.73 Å².